The molecule has 3 heterocycles. The van der Waals surface area contributed by atoms with Gasteiger partial charge in [0.25, 0.3) is 5.91 Å². The van der Waals surface area contributed by atoms with Crippen molar-refractivity contribution in [1.29, 1.82) is 5.26 Å². The van der Waals surface area contributed by atoms with Gasteiger partial charge in [-0.15, -0.1) is 6.42 Å². The summed E-state index contributed by atoms with van der Waals surface area (Å²) >= 11 is 0. The van der Waals surface area contributed by atoms with Crippen LogP contribution in [-0.2, 0) is 10.2 Å². The van der Waals surface area contributed by atoms with Crippen molar-refractivity contribution >= 4 is 23.2 Å². The largest absolute Gasteiger partial charge is 0.321 e. The molecule has 0 bridgehead atoms. The van der Waals surface area contributed by atoms with E-state index in [1.165, 1.54) is 18.6 Å². The molecule has 0 atom stereocenters. The van der Waals surface area contributed by atoms with Crippen molar-refractivity contribution in [3.05, 3.63) is 83.9 Å². The zero-order valence-corrected chi connectivity index (χ0v) is 22.6. The van der Waals surface area contributed by atoms with Gasteiger partial charge in [0, 0.05) is 53.5 Å². The number of nitrogens with zero attached hydrogens (tertiary/aromatic N) is 5. The third-order valence-electron chi connectivity index (χ3n) is 6.42. The van der Waals surface area contributed by atoms with Gasteiger partial charge in [-0.25, -0.2) is 9.97 Å². The molecule has 1 fully saturated rings. The molecule has 0 aromatic carbocycles. The Bertz CT molecular complexity index is 1590. The minimum Gasteiger partial charge on any atom is -0.321 e. The van der Waals surface area contributed by atoms with Crippen molar-refractivity contribution in [1.82, 2.24) is 25.3 Å². The maximum atomic E-state index is 13.1. The highest BCUT2D eigenvalue weighted by Gasteiger charge is 2.30. The third-order valence-corrected chi connectivity index (χ3v) is 6.42. The van der Waals surface area contributed by atoms with E-state index in [-0.39, 0.29) is 17.7 Å². The molecule has 0 unspecified atom stereocenters. The average molecular weight is 532 g/mol. The smallest absolute Gasteiger partial charge is 0.255 e. The van der Waals surface area contributed by atoms with E-state index in [0.717, 1.165) is 29.5 Å². The molecule has 0 spiro atoms. The number of hydrogen-bond donors (Lipinski definition) is 2. The monoisotopic (exact) mass is 531 g/mol. The number of carbonyl (C=O) groups excluding carboxylic acids is 2. The highest BCUT2D eigenvalue weighted by atomic mass is 16.2. The van der Waals surface area contributed by atoms with Crippen molar-refractivity contribution in [2.24, 2.45) is 5.92 Å². The zero-order valence-electron chi connectivity index (χ0n) is 22.6. The van der Waals surface area contributed by atoms with Crippen LogP contribution in [-0.4, -0.2) is 31.8 Å². The number of allylic oxidation sites excluding steroid dienone is 3. The second kappa shape index (κ2) is 12.1. The summed E-state index contributed by atoms with van der Waals surface area (Å²) in [5.74, 6) is 2.58. The van der Waals surface area contributed by atoms with Gasteiger partial charge in [-0.2, -0.15) is 5.26 Å². The molecule has 1 saturated carbocycles. The molecule has 4 rings (SSSR count). The predicted molar refractivity (Wildman–Crippen MR) is 152 cm³/mol. The molecular formula is C31H29N7O2. The van der Waals surface area contributed by atoms with Crippen molar-refractivity contribution < 1.29 is 9.59 Å². The minimum atomic E-state index is -0.839. The van der Waals surface area contributed by atoms with Crippen molar-refractivity contribution in [3.8, 4) is 29.7 Å². The van der Waals surface area contributed by atoms with E-state index in [4.69, 9.17) is 6.42 Å². The van der Waals surface area contributed by atoms with Crippen LogP contribution in [0.5, 0.6) is 0 Å². The van der Waals surface area contributed by atoms with Crippen molar-refractivity contribution in [2.45, 2.75) is 45.4 Å². The van der Waals surface area contributed by atoms with Gasteiger partial charge in [0.15, 0.2) is 0 Å². The summed E-state index contributed by atoms with van der Waals surface area (Å²) in [5, 5.41) is 15.1. The molecule has 0 saturated heterocycles. The molecule has 9 heteroatoms. The third kappa shape index (κ3) is 6.83. The summed E-state index contributed by atoms with van der Waals surface area (Å²) in [7, 11) is 0. The highest BCUT2D eigenvalue weighted by Crippen LogP contribution is 2.30. The Labute approximate surface area is 233 Å². The summed E-state index contributed by atoms with van der Waals surface area (Å²) in [6.45, 7) is 5.47. The highest BCUT2D eigenvalue weighted by molar-refractivity contribution is 5.96. The van der Waals surface area contributed by atoms with Gasteiger partial charge in [-0.05, 0) is 68.5 Å². The Morgan fingerprint density at radius 1 is 1.15 bits per heavy atom. The van der Waals surface area contributed by atoms with Crippen LogP contribution < -0.4 is 10.6 Å². The Kier molecular flexibility index (Phi) is 8.46. The molecule has 1 aliphatic rings. The number of pyridine rings is 2. The lowest BCUT2D eigenvalue weighted by atomic mass is 9.90. The first-order valence-electron chi connectivity index (χ1n) is 12.9. The number of nitrogens with one attached hydrogen (secondary N) is 2. The van der Waals surface area contributed by atoms with Crippen LogP contribution in [0.1, 0.15) is 61.6 Å². The Balaban J connectivity index is 1.57. The molecule has 40 heavy (non-hydrogen) atoms. The fourth-order valence-corrected chi connectivity index (χ4v) is 3.87. The first-order valence-corrected chi connectivity index (χ1v) is 12.9. The Hall–Kier alpha value is -5.15. The topological polar surface area (TPSA) is 134 Å². The standard InChI is InChI=1S/C31H29N7O2/c1-5-7-25(37-30(40)22-10-11-34-27(14-22)31(3,4)18-32)13-20(6-2)23-12-24(17-33-16-23)26-15-28(36-19-35-26)38-29(39)21-8-9-21/h1,7,10-17,19,21H,6,8-9H2,2-4H3,(H,37,40)(H,35,36,38,39)/b20-13+,25-7+. The van der Waals surface area contributed by atoms with Gasteiger partial charge in [0.2, 0.25) is 5.91 Å². The van der Waals surface area contributed by atoms with Crippen LogP contribution in [0.2, 0.25) is 0 Å². The molecule has 2 amide bonds. The zero-order chi connectivity index (χ0) is 28.7. The number of terminal acetylenes is 1. The fraction of sp³-hybridized carbons (Fsp3) is 0.258. The van der Waals surface area contributed by atoms with E-state index in [2.05, 4.69) is 42.6 Å². The Morgan fingerprint density at radius 2 is 1.95 bits per heavy atom. The van der Waals surface area contributed by atoms with Gasteiger partial charge in [0.1, 0.15) is 12.1 Å². The molecule has 1 aliphatic carbocycles. The first-order chi connectivity index (χ1) is 19.2. The van der Waals surface area contributed by atoms with Gasteiger partial charge in [0.05, 0.1) is 22.9 Å². The maximum Gasteiger partial charge on any atom is 0.255 e. The molecular weight excluding hydrogens is 502 g/mol. The minimum absolute atomic E-state index is 0.0284. The van der Waals surface area contributed by atoms with Gasteiger partial charge in [-0.1, -0.05) is 12.8 Å². The average Bonchev–Trinajstić information content (AvgIpc) is 3.82. The van der Waals surface area contributed by atoms with Crippen molar-refractivity contribution in [3.63, 3.8) is 0 Å². The lowest BCUT2D eigenvalue weighted by Gasteiger charge is -2.15. The predicted octanol–water partition coefficient (Wildman–Crippen LogP) is 4.82. The van der Waals surface area contributed by atoms with Crippen LogP contribution in [0, 0.1) is 29.6 Å². The second-order valence-electron chi connectivity index (χ2n) is 9.92. The molecule has 200 valence electrons. The molecule has 3 aromatic rings. The van der Waals surface area contributed by atoms with E-state index < -0.39 is 5.41 Å². The van der Waals surface area contributed by atoms with Gasteiger partial charge >= 0.3 is 0 Å². The summed E-state index contributed by atoms with van der Waals surface area (Å²) in [4.78, 5) is 42.4. The first kappa shape index (κ1) is 27.9. The quantitative estimate of drug-likeness (QED) is 0.299. The van der Waals surface area contributed by atoms with E-state index in [0.29, 0.717) is 34.9 Å². The summed E-state index contributed by atoms with van der Waals surface area (Å²) in [6.07, 6.45) is 17.6. The number of hydrogen-bond acceptors (Lipinski definition) is 7. The Morgan fingerprint density at radius 3 is 2.65 bits per heavy atom. The van der Waals surface area contributed by atoms with E-state index >= 15 is 0 Å². The van der Waals surface area contributed by atoms with E-state index in [9.17, 15) is 14.9 Å². The van der Waals surface area contributed by atoms with Crippen LogP contribution in [0.3, 0.4) is 0 Å². The number of aromatic nitrogens is 4. The van der Waals surface area contributed by atoms with Crippen LogP contribution >= 0.6 is 0 Å². The van der Waals surface area contributed by atoms with Crippen LogP contribution in [0.25, 0.3) is 16.8 Å². The molecule has 9 nitrogen and oxygen atoms in total. The van der Waals surface area contributed by atoms with E-state index in [1.807, 2.05) is 13.0 Å². The van der Waals surface area contributed by atoms with Crippen LogP contribution in [0.4, 0.5) is 5.82 Å². The summed E-state index contributed by atoms with van der Waals surface area (Å²) in [5.41, 5.74) is 3.52. The lowest BCUT2D eigenvalue weighted by Crippen LogP contribution is -2.24. The normalized spacial score (nSPS) is 13.6. The van der Waals surface area contributed by atoms with E-state index in [1.54, 1.807) is 50.5 Å². The van der Waals surface area contributed by atoms with Gasteiger partial charge < -0.3 is 10.6 Å². The number of nitriles is 1. The number of anilines is 1. The summed E-state index contributed by atoms with van der Waals surface area (Å²) < 4.78 is 0. The second-order valence-corrected chi connectivity index (χ2v) is 9.92. The number of amides is 2. The SMILES string of the molecule is C#C/C=C(\C=C(/CC)c1cncc(-c2cc(NC(=O)C3CC3)ncn2)c1)NC(=O)c1ccnc(C(C)(C)C#N)c1. The van der Waals surface area contributed by atoms with Crippen molar-refractivity contribution in [2.75, 3.05) is 5.32 Å². The maximum absolute atomic E-state index is 13.1. The molecule has 2 N–H and O–H groups in total. The molecule has 3 aromatic heterocycles. The fourth-order valence-electron chi connectivity index (χ4n) is 3.87. The number of carbonyl (C=O) groups is 2. The number of rotatable bonds is 9. The van der Waals surface area contributed by atoms with Crippen LogP contribution in [0.15, 0.2) is 67.0 Å². The molecule has 0 radical (unpaired) electrons. The summed E-state index contributed by atoms with van der Waals surface area (Å²) in [6, 6.07) is 9.04. The van der Waals surface area contributed by atoms with Gasteiger partial charge in [-0.3, -0.25) is 19.6 Å². The molecule has 0 aliphatic heterocycles. The lowest BCUT2D eigenvalue weighted by molar-refractivity contribution is -0.117.